The van der Waals surface area contributed by atoms with Gasteiger partial charge in [0.1, 0.15) is 12.2 Å². The third kappa shape index (κ3) is 6.10. The van der Waals surface area contributed by atoms with Gasteiger partial charge in [0, 0.05) is 5.56 Å². The molecule has 0 aromatic heterocycles. The topological polar surface area (TPSA) is 109 Å². The molecule has 2 aromatic carbocycles. The molecular formula is C21H23N3O5. The van der Waals surface area contributed by atoms with E-state index in [1.807, 2.05) is 0 Å². The van der Waals surface area contributed by atoms with Gasteiger partial charge in [0.05, 0.1) is 26.1 Å². The predicted molar refractivity (Wildman–Crippen MR) is 111 cm³/mol. The summed E-state index contributed by atoms with van der Waals surface area (Å²) in [5, 5.41) is 16.5. The summed E-state index contributed by atoms with van der Waals surface area (Å²) in [6.45, 7) is 3.65. The molecule has 3 N–H and O–H groups in total. The van der Waals surface area contributed by atoms with Gasteiger partial charge < -0.3 is 19.9 Å². The van der Waals surface area contributed by atoms with Crippen molar-refractivity contribution >= 4 is 23.7 Å². The first-order valence-corrected chi connectivity index (χ1v) is 8.74. The van der Waals surface area contributed by atoms with Crippen molar-refractivity contribution in [2.75, 3.05) is 19.5 Å². The molecular weight excluding hydrogens is 374 g/mol. The number of aromatic hydroxyl groups is 1. The van der Waals surface area contributed by atoms with Crippen molar-refractivity contribution in [1.29, 1.82) is 0 Å². The minimum Gasteiger partial charge on any atom is -0.504 e. The van der Waals surface area contributed by atoms with Crippen LogP contribution in [0.3, 0.4) is 0 Å². The average molecular weight is 397 g/mol. The number of phenolic OH excluding ortho intramolecular Hbond substituents is 1. The fraction of sp³-hybridized carbons (Fsp3) is 0.190. The molecule has 0 heterocycles. The zero-order chi connectivity index (χ0) is 21.2. The molecule has 0 spiro atoms. The molecule has 0 saturated heterocycles. The maximum atomic E-state index is 12.0. The van der Waals surface area contributed by atoms with Crippen molar-refractivity contribution in [2.24, 2.45) is 5.10 Å². The number of nitrogens with one attached hydrogen (secondary N) is 2. The molecule has 0 aliphatic rings. The molecule has 0 unspecified atom stereocenters. The number of nitrogens with zero attached hydrogens (tertiary/aromatic N) is 1. The molecule has 2 aromatic rings. The van der Waals surface area contributed by atoms with Crippen molar-refractivity contribution in [2.45, 2.75) is 12.8 Å². The molecule has 0 fully saturated rings. The van der Waals surface area contributed by atoms with Crippen molar-refractivity contribution in [1.82, 2.24) is 5.43 Å². The molecule has 0 bridgehead atoms. The van der Waals surface area contributed by atoms with E-state index in [-0.39, 0.29) is 11.5 Å². The van der Waals surface area contributed by atoms with E-state index in [1.54, 1.807) is 42.5 Å². The number of hydrogen-bond acceptors (Lipinski definition) is 6. The molecule has 8 nitrogen and oxygen atoms in total. The average Bonchev–Trinajstić information content (AvgIpc) is 2.70. The second-order valence-corrected chi connectivity index (χ2v) is 5.94. The van der Waals surface area contributed by atoms with E-state index in [1.165, 1.54) is 20.4 Å². The highest BCUT2D eigenvalue weighted by Crippen LogP contribution is 2.31. The number of methoxy groups -OCH3 is 2. The second kappa shape index (κ2) is 10.5. The smallest absolute Gasteiger partial charge is 0.249 e. The highest BCUT2D eigenvalue weighted by Gasteiger charge is 2.12. The molecule has 0 atom stereocenters. The lowest BCUT2D eigenvalue weighted by molar-refractivity contribution is -0.126. The van der Waals surface area contributed by atoms with Crippen molar-refractivity contribution in [3.05, 3.63) is 60.2 Å². The summed E-state index contributed by atoms with van der Waals surface area (Å²) < 4.78 is 10.3. The van der Waals surface area contributed by atoms with Crippen LogP contribution in [0.5, 0.6) is 17.2 Å². The van der Waals surface area contributed by atoms with Gasteiger partial charge in [-0.1, -0.05) is 18.2 Å². The fourth-order valence-electron chi connectivity index (χ4n) is 2.54. The lowest BCUT2D eigenvalue weighted by Gasteiger charge is -2.09. The summed E-state index contributed by atoms with van der Waals surface area (Å²) in [5.41, 5.74) is 3.99. The minimum absolute atomic E-state index is 0.0293. The van der Waals surface area contributed by atoms with Gasteiger partial charge in [-0.2, -0.15) is 5.10 Å². The van der Waals surface area contributed by atoms with Crippen LogP contribution in [0.4, 0.5) is 5.69 Å². The van der Waals surface area contributed by atoms with E-state index in [4.69, 9.17) is 9.47 Å². The Kier molecular flexibility index (Phi) is 7.78. The first-order valence-electron chi connectivity index (χ1n) is 8.74. The Morgan fingerprint density at radius 1 is 1.14 bits per heavy atom. The largest absolute Gasteiger partial charge is 0.504 e. The number of anilines is 1. The molecule has 152 valence electrons. The highest BCUT2D eigenvalue weighted by atomic mass is 16.5. The van der Waals surface area contributed by atoms with Crippen LogP contribution in [0.15, 0.2) is 54.2 Å². The molecule has 2 rings (SSSR count). The maximum absolute atomic E-state index is 12.0. The van der Waals surface area contributed by atoms with Crippen LogP contribution >= 0.6 is 0 Å². The molecule has 0 radical (unpaired) electrons. The van der Waals surface area contributed by atoms with Gasteiger partial charge in [-0.05, 0) is 36.2 Å². The Morgan fingerprint density at radius 2 is 1.86 bits per heavy atom. The van der Waals surface area contributed by atoms with Crippen molar-refractivity contribution < 1.29 is 24.2 Å². The van der Waals surface area contributed by atoms with E-state index in [2.05, 4.69) is 22.4 Å². The molecule has 0 aliphatic heterocycles. The lowest BCUT2D eigenvalue weighted by atomic mass is 10.1. The Bertz CT molecular complexity index is 925. The second-order valence-electron chi connectivity index (χ2n) is 5.94. The molecule has 8 heteroatoms. The minimum atomic E-state index is -0.578. The van der Waals surface area contributed by atoms with Gasteiger partial charge in [0.25, 0.3) is 0 Å². The van der Waals surface area contributed by atoms with E-state index < -0.39 is 18.2 Å². The first kappa shape index (κ1) is 21.5. The summed E-state index contributed by atoms with van der Waals surface area (Å²) in [4.78, 5) is 24.0. The van der Waals surface area contributed by atoms with Crippen LogP contribution in [-0.4, -0.2) is 37.4 Å². The summed E-state index contributed by atoms with van der Waals surface area (Å²) in [6.07, 6.45) is 3.08. The van der Waals surface area contributed by atoms with Gasteiger partial charge in [-0.3, -0.25) is 9.59 Å². The number of phenols is 1. The molecule has 0 aliphatic carbocycles. The quantitative estimate of drug-likeness (QED) is 0.261. The number of carbonyl (C=O) groups is 2. The summed E-state index contributed by atoms with van der Waals surface area (Å²) in [5.74, 6) is -0.265. The standard InChI is InChI=1S/C21H23N3O5/c1-4-7-15-10-14(11-18(29-3)21(15)27)13-22-24-20(26)12-19(25)23-16-8-5-6-9-17(16)28-2/h4-6,8-11,13,27H,1,7,12H2,2-3H3,(H,23,25)(H,24,26). The highest BCUT2D eigenvalue weighted by molar-refractivity contribution is 6.04. The van der Waals surface area contributed by atoms with Crippen LogP contribution in [0, 0.1) is 0 Å². The molecule has 0 saturated carbocycles. The third-order valence-corrected chi connectivity index (χ3v) is 3.87. The van der Waals surface area contributed by atoms with Crippen molar-refractivity contribution in [3.63, 3.8) is 0 Å². The zero-order valence-electron chi connectivity index (χ0n) is 16.3. The number of hydrazone groups is 1. The van der Waals surface area contributed by atoms with Gasteiger partial charge in [-0.25, -0.2) is 5.43 Å². The molecule has 2 amide bonds. The first-order chi connectivity index (χ1) is 14.0. The van der Waals surface area contributed by atoms with E-state index in [9.17, 15) is 14.7 Å². The zero-order valence-corrected chi connectivity index (χ0v) is 16.3. The Labute approximate surface area is 168 Å². The Hall–Kier alpha value is -3.81. The fourth-order valence-corrected chi connectivity index (χ4v) is 2.54. The van der Waals surface area contributed by atoms with Crippen LogP contribution < -0.4 is 20.2 Å². The normalized spacial score (nSPS) is 10.4. The summed E-state index contributed by atoms with van der Waals surface area (Å²) in [7, 11) is 2.93. The monoisotopic (exact) mass is 397 g/mol. The number of ether oxygens (including phenoxy) is 2. The Balaban J connectivity index is 1.96. The number of allylic oxidation sites excluding steroid dienone is 1. The van der Waals surface area contributed by atoms with Crippen LogP contribution in [0.1, 0.15) is 17.5 Å². The van der Waals surface area contributed by atoms with E-state index in [0.717, 1.165) is 0 Å². The predicted octanol–water partition coefficient (Wildman–Crippen LogP) is 2.62. The summed E-state index contributed by atoms with van der Waals surface area (Å²) >= 11 is 0. The van der Waals surface area contributed by atoms with Crippen LogP contribution in [0.2, 0.25) is 0 Å². The number of para-hydroxylation sites is 2. The number of rotatable bonds is 9. The van der Waals surface area contributed by atoms with Gasteiger partial charge in [-0.15, -0.1) is 6.58 Å². The maximum Gasteiger partial charge on any atom is 0.249 e. The number of carbonyl (C=O) groups excluding carboxylic acids is 2. The number of amides is 2. The lowest BCUT2D eigenvalue weighted by Crippen LogP contribution is -2.24. The SMILES string of the molecule is C=CCc1cc(C=NNC(=O)CC(=O)Nc2ccccc2OC)cc(OC)c1O. The number of benzene rings is 2. The van der Waals surface area contributed by atoms with Crippen molar-refractivity contribution in [3.8, 4) is 17.2 Å². The van der Waals surface area contributed by atoms with Gasteiger partial charge in [0.15, 0.2) is 11.5 Å². The van der Waals surface area contributed by atoms with Crippen LogP contribution in [0.25, 0.3) is 0 Å². The Morgan fingerprint density at radius 3 is 2.55 bits per heavy atom. The summed E-state index contributed by atoms with van der Waals surface area (Å²) in [6, 6.07) is 10.2. The van der Waals surface area contributed by atoms with Crippen LogP contribution in [-0.2, 0) is 16.0 Å². The third-order valence-electron chi connectivity index (χ3n) is 3.87. The van der Waals surface area contributed by atoms with E-state index in [0.29, 0.717) is 29.0 Å². The number of hydrogen-bond donors (Lipinski definition) is 3. The van der Waals surface area contributed by atoms with Gasteiger partial charge in [0.2, 0.25) is 11.8 Å². The van der Waals surface area contributed by atoms with Gasteiger partial charge >= 0.3 is 0 Å². The molecule has 29 heavy (non-hydrogen) atoms. The van der Waals surface area contributed by atoms with E-state index >= 15 is 0 Å².